The van der Waals surface area contributed by atoms with Crippen molar-refractivity contribution in [1.82, 2.24) is 0 Å². The lowest BCUT2D eigenvalue weighted by atomic mass is 10.0. The summed E-state index contributed by atoms with van der Waals surface area (Å²) in [5, 5.41) is 10.6. The summed E-state index contributed by atoms with van der Waals surface area (Å²) < 4.78 is 68.2. The number of esters is 4. The van der Waals surface area contributed by atoms with E-state index in [4.69, 9.17) is 37.0 Å². The number of hydrogen-bond donors (Lipinski definition) is 3. The molecule has 0 saturated carbocycles. The SMILES string of the molecule is CCCCCCCCCCCCCCCCCCCCCCC(=O)O[C@H](COC(=O)CCCCCCCCCCCCC(C)C)COP(=O)(O)OC[C@@H](O)COP(=O)(O)OC[C@@H](COC(=O)CCCCCCCCCCC)OC(=O)CCCCCCCCCCC. The summed E-state index contributed by atoms with van der Waals surface area (Å²) in [6, 6.07) is 0. The maximum Gasteiger partial charge on any atom is 0.472 e. The van der Waals surface area contributed by atoms with Crippen LogP contribution in [0.1, 0.15) is 375 Å². The number of rotatable bonds is 72. The lowest BCUT2D eigenvalue weighted by Crippen LogP contribution is -2.30. The number of aliphatic hydroxyl groups excluding tert-OH is 1. The van der Waals surface area contributed by atoms with Gasteiger partial charge in [0.05, 0.1) is 26.4 Å². The van der Waals surface area contributed by atoms with Crippen LogP contribution in [0.2, 0.25) is 0 Å². The Hall–Kier alpha value is -1.94. The summed E-state index contributed by atoms with van der Waals surface area (Å²) in [5.41, 5.74) is 0. The number of phosphoric acid groups is 2. The zero-order valence-corrected chi connectivity index (χ0v) is 60.8. The maximum atomic E-state index is 13.0. The molecule has 0 bridgehead atoms. The fraction of sp³-hybridized carbons (Fsp3) is 0.944. The second-order valence-corrected chi connectivity index (χ2v) is 29.4. The molecule has 0 fully saturated rings. The van der Waals surface area contributed by atoms with Gasteiger partial charge < -0.3 is 33.8 Å². The Morgan fingerprint density at radius 3 is 0.747 bits per heavy atom. The molecule has 3 N–H and O–H groups in total. The molecule has 19 heteroatoms. The molecule has 0 aromatic carbocycles. The minimum Gasteiger partial charge on any atom is -0.462 e. The van der Waals surface area contributed by atoms with E-state index < -0.39 is 97.5 Å². The van der Waals surface area contributed by atoms with Crippen LogP contribution in [0.3, 0.4) is 0 Å². The van der Waals surface area contributed by atoms with E-state index in [9.17, 15) is 43.2 Å². The van der Waals surface area contributed by atoms with Crippen molar-refractivity contribution in [2.75, 3.05) is 39.6 Å². The first-order chi connectivity index (χ1) is 44.0. The molecule has 2 unspecified atom stereocenters. The first kappa shape index (κ1) is 89.1. The van der Waals surface area contributed by atoms with Gasteiger partial charge in [0.15, 0.2) is 12.2 Å². The Bertz CT molecular complexity index is 1750. The summed E-state index contributed by atoms with van der Waals surface area (Å²) in [4.78, 5) is 72.5. The lowest BCUT2D eigenvalue weighted by molar-refractivity contribution is -0.161. The van der Waals surface area contributed by atoms with Crippen LogP contribution in [0.15, 0.2) is 0 Å². The van der Waals surface area contributed by atoms with E-state index in [-0.39, 0.29) is 25.7 Å². The molecule has 17 nitrogen and oxygen atoms in total. The number of ether oxygens (including phenoxy) is 4. The number of carbonyl (C=O) groups excluding carboxylic acids is 4. The quantitative estimate of drug-likeness (QED) is 0.0222. The Morgan fingerprint density at radius 1 is 0.297 bits per heavy atom. The molecule has 0 saturated heterocycles. The van der Waals surface area contributed by atoms with Crippen molar-refractivity contribution in [1.29, 1.82) is 0 Å². The van der Waals surface area contributed by atoms with Crippen molar-refractivity contribution in [2.45, 2.75) is 393 Å². The van der Waals surface area contributed by atoms with Crippen LogP contribution in [-0.2, 0) is 65.4 Å². The van der Waals surface area contributed by atoms with Crippen LogP contribution in [-0.4, -0.2) is 96.7 Å². The Morgan fingerprint density at radius 2 is 0.505 bits per heavy atom. The van der Waals surface area contributed by atoms with E-state index in [1.165, 1.54) is 199 Å². The number of hydrogen-bond acceptors (Lipinski definition) is 15. The van der Waals surface area contributed by atoms with Crippen LogP contribution in [0, 0.1) is 5.92 Å². The minimum absolute atomic E-state index is 0.106. The minimum atomic E-state index is -4.95. The van der Waals surface area contributed by atoms with Crippen LogP contribution in [0.5, 0.6) is 0 Å². The van der Waals surface area contributed by atoms with Crippen molar-refractivity contribution >= 4 is 39.5 Å². The number of unbranched alkanes of at least 4 members (excludes halogenated alkanes) is 44. The van der Waals surface area contributed by atoms with Gasteiger partial charge in [0.2, 0.25) is 0 Å². The van der Waals surface area contributed by atoms with E-state index >= 15 is 0 Å². The molecule has 540 valence electrons. The molecule has 0 aliphatic rings. The molecule has 0 heterocycles. The van der Waals surface area contributed by atoms with Crippen molar-refractivity contribution in [3.63, 3.8) is 0 Å². The number of aliphatic hydroxyl groups is 1. The van der Waals surface area contributed by atoms with Gasteiger partial charge >= 0.3 is 39.5 Å². The van der Waals surface area contributed by atoms with Crippen molar-refractivity contribution in [2.24, 2.45) is 5.92 Å². The van der Waals surface area contributed by atoms with Gasteiger partial charge in [0, 0.05) is 25.7 Å². The zero-order chi connectivity index (χ0) is 67.0. The highest BCUT2D eigenvalue weighted by Gasteiger charge is 2.30. The molecule has 5 atom stereocenters. The molecule has 0 amide bonds. The first-order valence-corrected chi connectivity index (χ1v) is 40.6. The molecule has 0 spiro atoms. The fourth-order valence-electron chi connectivity index (χ4n) is 11.0. The average molecular weight is 1340 g/mol. The van der Waals surface area contributed by atoms with Crippen LogP contribution < -0.4 is 0 Å². The molecule has 0 aromatic heterocycles. The standard InChI is InChI=1S/C72H140O17P2/c1-6-9-12-15-18-21-22-23-24-25-26-27-28-29-30-31-38-43-48-53-58-72(77)89-68(62-83-70(75)56-51-46-41-37-33-32-36-39-44-49-54-65(4)5)64-87-91(80,81)85-60-66(73)59-84-90(78,79)86-63-67(88-71(76)57-52-47-42-35-20-17-14-11-8-3)61-82-69(74)55-50-45-40-34-19-16-13-10-7-2/h65-68,73H,6-64H2,1-5H3,(H,78,79)(H,80,81)/t66-,67+,68+/m0/s1. The second kappa shape index (κ2) is 65.4. The molecule has 0 aliphatic heterocycles. The molecular formula is C72H140O17P2. The van der Waals surface area contributed by atoms with Crippen LogP contribution in [0.4, 0.5) is 0 Å². The van der Waals surface area contributed by atoms with Gasteiger partial charge in [-0.1, -0.05) is 324 Å². The maximum absolute atomic E-state index is 13.0. The summed E-state index contributed by atoms with van der Waals surface area (Å²) in [5.74, 6) is -1.36. The number of phosphoric ester groups is 2. The molecule has 0 rings (SSSR count). The second-order valence-electron chi connectivity index (χ2n) is 26.5. The molecule has 0 aliphatic carbocycles. The zero-order valence-electron chi connectivity index (χ0n) is 59.0. The largest absolute Gasteiger partial charge is 0.472 e. The summed E-state index contributed by atoms with van der Waals surface area (Å²) >= 11 is 0. The van der Waals surface area contributed by atoms with Gasteiger partial charge in [-0.3, -0.25) is 37.3 Å². The van der Waals surface area contributed by atoms with E-state index in [2.05, 4.69) is 34.6 Å². The lowest BCUT2D eigenvalue weighted by Gasteiger charge is -2.21. The summed E-state index contributed by atoms with van der Waals surface area (Å²) in [6.07, 6.45) is 52.8. The highest BCUT2D eigenvalue weighted by molar-refractivity contribution is 7.47. The van der Waals surface area contributed by atoms with Crippen LogP contribution >= 0.6 is 15.6 Å². The Kier molecular flexibility index (Phi) is 64.0. The topological polar surface area (TPSA) is 237 Å². The summed E-state index contributed by atoms with van der Waals surface area (Å²) in [6.45, 7) is 7.22. The summed E-state index contributed by atoms with van der Waals surface area (Å²) in [7, 11) is -9.90. The molecule has 0 radical (unpaired) electrons. The highest BCUT2D eigenvalue weighted by atomic mass is 31.2. The van der Waals surface area contributed by atoms with Crippen molar-refractivity contribution < 1.29 is 80.2 Å². The predicted octanol–water partition coefficient (Wildman–Crippen LogP) is 20.9. The molecular weight excluding hydrogens is 1200 g/mol. The third-order valence-electron chi connectivity index (χ3n) is 16.8. The van der Waals surface area contributed by atoms with E-state index in [1.54, 1.807) is 0 Å². The monoisotopic (exact) mass is 1340 g/mol. The normalized spacial score (nSPS) is 14.0. The molecule has 0 aromatic rings. The predicted molar refractivity (Wildman–Crippen MR) is 368 cm³/mol. The number of carbonyl (C=O) groups is 4. The fourth-order valence-corrected chi connectivity index (χ4v) is 12.6. The van der Waals surface area contributed by atoms with Gasteiger partial charge in [-0.25, -0.2) is 9.13 Å². The van der Waals surface area contributed by atoms with Gasteiger partial charge in [-0.05, 0) is 31.6 Å². The third kappa shape index (κ3) is 66.5. The van der Waals surface area contributed by atoms with Gasteiger partial charge in [0.25, 0.3) is 0 Å². The highest BCUT2D eigenvalue weighted by Crippen LogP contribution is 2.45. The van der Waals surface area contributed by atoms with Crippen LogP contribution in [0.25, 0.3) is 0 Å². The van der Waals surface area contributed by atoms with Gasteiger partial charge in [0.1, 0.15) is 19.3 Å². The van der Waals surface area contributed by atoms with E-state index in [0.717, 1.165) is 95.8 Å². The van der Waals surface area contributed by atoms with Gasteiger partial charge in [-0.2, -0.15) is 0 Å². The third-order valence-corrected chi connectivity index (χ3v) is 18.7. The molecule has 91 heavy (non-hydrogen) atoms. The Balaban J connectivity index is 5.17. The average Bonchev–Trinajstić information content (AvgIpc) is 3.56. The van der Waals surface area contributed by atoms with E-state index in [0.29, 0.717) is 25.7 Å². The van der Waals surface area contributed by atoms with Gasteiger partial charge in [-0.15, -0.1) is 0 Å². The van der Waals surface area contributed by atoms with Crippen molar-refractivity contribution in [3.05, 3.63) is 0 Å². The van der Waals surface area contributed by atoms with Crippen molar-refractivity contribution in [3.8, 4) is 0 Å². The first-order valence-electron chi connectivity index (χ1n) is 37.6. The smallest absolute Gasteiger partial charge is 0.462 e. The van der Waals surface area contributed by atoms with E-state index in [1.807, 2.05) is 0 Å². The Labute approximate surface area is 556 Å².